The summed E-state index contributed by atoms with van der Waals surface area (Å²) in [6.45, 7) is 3.41. The van der Waals surface area contributed by atoms with Crippen LogP contribution in [-0.4, -0.2) is 19.6 Å². The highest BCUT2D eigenvalue weighted by molar-refractivity contribution is 5.96. The van der Waals surface area contributed by atoms with Crippen molar-refractivity contribution < 1.29 is 22.7 Å². The van der Waals surface area contributed by atoms with Gasteiger partial charge in [0.05, 0.1) is 23.8 Å². The number of rotatable bonds is 5. The van der Waals surface area contributed by atoms with Crippen molar-refractivity contribution >= 4 is 11.6 Å². The van der Waals surface area contributed by atoms with E-state index >= 15 is 0 Å². The molecule has 0 aliphatic heterocycles. The molecule has 0 fully saturated rings. The van der Waals surface area contributed by atoms with Gasteiger partial charge < -0.3 is 15.8 Å². The van der Waals surface area contributed by atoms with Gasteiger partial charge in [0, 0.05) is 6.54 Å². The zero-order valence-corrected chi connectivity index (χ0v) is 12.2. The lowest BCUT2D eigenvalue weighted by atomic mass is 9.86. The van der Waals surface area contributed by atoms with E-state index in [9.17, 15) is 18.0 Å². The second kappa shape index (κ2) is 6.34. The molecule has 0 saturated carbocycles. The van der Waals surface area contributed by atoms with E-state index in [1.165, 1.54) is 19.2 Å². The minimum atomic E-state index is -4.59. The van der Waals surface area contributed by atoms with Crippen molar-refractivity contribution in [1.29, 1.82) is 0 Å². The molecule has 0 radical (unpaired) electrons. The van der Waals surface area contributed by atoms with Gasteiger partial charge in [0.2, 0.25) is 5.91 Å². The maximum absolute atomic E-state index is 13.0. The minimum Gasteiger partial charge on any atom is -0.497 e. The second-order valence-electron chi connectivity index (χ2n) is 4.98. The fraction of sp³-hybridized carbons (Fsp3) is 0.500. The van der Waals surface area contributed by atoms with E-state index in [0.717, 1.165) is 6.07 Å². The van der Waals surface area contributed by atoms with Crippen LogP contribution in [0.2, 0.25) is 0 Å². The molecule has 0 aliphatic rings. The highest BCUT2D eigenvalue weighted by atomic mass is 19.4. The first kappa shape index (κ1) is 17.3. The number of nitrogens with two attached hydrogens (primary N) is 1. The molecule has 0 saturated heterocycles. The highest BCUT2D eigenvalue weighted by Gasteiger charge is 2.36. The number of nitrogens with one attached hydrogen (secondary N) is 1. The van der Waals surface area contributed by atoms with Gasteiger partial charge in [-0.3, -0.25) is 4.79 Å². The van der Waals surface area contributed by atoms with Crippen LogP contribution in [0.5, 0.6) is 5.75 Å². The number of amides is 1. The van der Waals surface area contributed by atoms with Gasteiger partial charge in [0.25, 0.3) is 0 Å². The van der Waals surface area contributed by atoms with E-state index in [-0.39, 0.29) is 18.0 Å². The Balaban J connectivity index is 3.17. The van der Waals surface area contributed by atoms with E-state index in [2.05, 4.69) is 5.32 Å². The lowest BCUT2D eigenvalue weighted by molar-refractivity contribution is -0.137. The number of benzene rings is 1. The first-order valence-electron chi connectivity index (χ1n) is 6.44. The Morgan fingerprint density at radius 1 is 1.38 bits per heavy atom. The van der Waals surface area contributed by atoms with Crippen molar-refractivity contribution in [2.75, 3.05) is 19.0 Å². The van der Waals surface area contributed by atoms with Crippen LogP contribution >= 0.6 is 0 Å². The molecule has 1 unspecified atom stereocenters. The minimum absolute atomic E-state index is 0.0485. The molecule has 0 aromatic heterocycles. The number of alkyl halides is 3. The van der Waals surface area contributed by atoms with Crippen LogP contribution in [0.25, 0.3) is 0 Å². The quantitative estimate of drug-likeness (QED) is 0.879. The summed E-state index contributed by atoms with van der Waals surface area (Å²) >= 11 is 0. The molecule has 0 aliphatic carbocycles. The lowest BCUT2D eigenvalue weighted by Gasteiger charge is -2.26. The number of halogens is 3. The van der Waals surface area contributed by atoms with Gasteiger partial charge in [-0.05, 0) is 31.5 Å². The van der Waals surface area contributed by atoms with E-state index < -0.39 is 23.1 Å². The summed E-state index contributed by atoms with van der Waals surface area (Å²) in [5, 5.41) is 2.32. The predicted octanol–water partition coefficient (Wildman–Crippen LogP) is 3.03. The summed E-state index contributed by atoms with van der Waals surface area (Å²) in [4.78, 5) is 12.1. The summed E-state index contributed by atoms with van der Waals surface area (Å²) in [5.41, 5.74) is 3.37. The average Bonchev–Trinajstić information content (AvgIpc) is 2.45. The zero-order valence-electron chi connectivity index (χ0n) is 12.2. The van der Waals surface area contributed by atoms with Crippen LogP contribution in [0.15, 0.2) is 18.2 Å². The molecular formula is C14H19F3N2O2. The summed E-state index contributed by atoms with van der Waals surface area (Å²) in [6, 6.07) is 3.38. The number of anilines is 1. The van der Waals surface area contributed by atoms with Crippen LogP contribution in [0.3, 0.4) is 0 Å². The Morgan fingerprint density at radius 2 is 2.00 bits per heavy atom. The molecule has 3 N–H and O–H groups in total. The monoisotopic (exact) mass is 304 g/mol. The molecule has 4 nitrogen and oxygen atoms in total. The van der Waals surface area contributed by atoms with Gasteiger partial charge in [-0.1, -0.05) is 6.92 Å². The van der Waals surface area contributed by atoms with Crippen molar-refractivity contribution in [2.45, 2.75) is 26.4 Å². The maximum atomic E-state index is 13.0. The molecule has 118 valence electrons. The first-order chi connectivity index (χ1) is 9.67. The molecule has 7 heteroatoms. The van der Waals surface area contributed by atoms with Crippen molar-refractivity contribution in [3.05, 3.63) is 23.8 Å². The molecule has 1 amide bonds. The Hall–Kier alpha value is -1.76. The van der Waals surface area contributed by atoms with Gasteiger partial charge in [0.15, 0.2) is 0 Å². The van der Waals surface area contributed by atoms with Crippen LogP contribution in [-0.2, 0) is 11.0 Å². The lowest BCUT2D eigenvalue weighted by Crippen LogP contribution is -2.39. The summed E-state index contributed by atoms with van der Waals surface area (Å²) in [5.74, 6) is -0.472. The van der Waals surface area contributed by atoms with Crippen molar-refractivity contribution in [3.63, 3.8) is 0 Å². The normalized spacial score (nSPS) is 14.4. The largest absolute Gasteiger partial charge is 0.497 e. The molecule has 1 rings (SSSR count). The number of carbonyl (C=O) groups is 1. The fourth-order valence-electron chi connectivity index (χ4n) is 1.66. The highest BCUT2D eigenvalue weighted by Crippen LogP contribution is 2.37. The Morgan fingerprint density at radius 3 is 2.43 bits per heavy atom. The SMILES string of the molecule is CCC(C)(CN)C(=O)Nc1ccc(OC)cc1C(F)(F)F. The average molecular weight is 304 g/mol. The van der Waals surface area contributed by atoms with Gasteiger partial charge in [0.1, 0.15) is 5.75 Å². The van der Waals surface area contributed by atoms with E-state index in [1.54, 1.807) is 13.8 Å². The Kier molecular flexibility index (Phi) is 5.22. The molecule has 1 aromatic carbocycles. The van der Waals surface area contributed by atoms with Crippen molar-refractivity contribution in [2.24, 2.45) is 11.1 Å². The van der Waals surface area contributed by atoms with Crippen molar-refractivity contribution in [1.82, 2.24) is 0 Å². The van der Waals surface area contributed by atoms with Gasteiger partial charge in [-0.2, -0.15) is 13.2 Å². The molecule has 0 heterocycles. The fourth-order valence-corrected chi connectivity index (χ4v) is 1.66. The topological polar surface area (TPSA) is 64.4 Å². The molecule has 21 heavy (non-hydrogen) atoms. The standard InChI is InChI=1S/C14H19F3N2O2/c1-4-13(2,8-18)12(20)19-11-6-5-9(21-3)7-10(11)14(15,16)17/h5-7H,4,8,18H2,1-3H3,(H,19,20). The summed E-state index contributed by atoms with van der Waals surface area (Å²) in [6.07, 6.45) is -4.17. The summed E-state index contributed by atoms with van der Waals surface area (Å²) in [7, 11) is 1.27. The molecule has 1 atom stereocenters. The molecule has 1 aromatic rings. The Bertz CT molecular complexity index is 511. The van der Waals surface area contributed by atoms with E-state index in [0.29, 0.717) is 6.42 Å². The van der Waals surface area contributed by atoms with E-state index in [1.807, 2.05) is 0 Å². The number of methoxy groups -OCH3 is 1. The van der Waals surface area contributed by atoms with Crippen LogP contribution in [0.1, 0.15) is 25.8 Å². The molecule has 0 bridgehead atoms. The number of hydrogen-bond donors (Lipinski definition) is 2. The van der Waals surface area contributed by atoms with Gasteiger partial charge >= 0.3 is 6.18 Å². The smallest absolute Gasteiger partial charge is 0.418 e. The maximum Gasteiger partial charge on any atom is 0.418 e. The van der Waals surface area contributed by atoms with Crippen LogP contribution in [0.4, 0.5) is 18.9 Å². The summed E-state index contributed by atoms with van der Waals surface area (Å²) < 4.78 is 43.9. The molecular weight excluding hydrogens is 285 g/mol. The van der Waals surface area contributed by atoms with Gasteiger partial charge in [-0.15, -0.1) is 0 Å². The molecule has 0 spiro atoms. The second-order valence-corrected chi connectivity index (χ2v) is 4.98. The predicted molar refractivity (Wildman–Crippen MR) is 74.1 cm³/mol. The third kappa shape index (κ3) is 3.87. The third-order valence-corrected chi connectivity index (χ3v) is 3.56. The third-order valence-electron chi connectivity index (χ3n) is 3.56. The van der Waals surface area contributed by atoms with Crippen LogP contribution in [0, 0.1) is 5.41 Å². The Labute approximate surface area is 121 Å². The number of hydrogen-bond acceptors (Lipinski definition) is 3. The van der Waals surface area contributed by atoms with Gasteiger partial charge in [-0.25, -0.2) is 0 Å². The van der Waals surface area contributed by atoms with Crippen molar-refractivity contribution in [3.8, 4) is 5.75 Å². The zero-order chi connectivity index (χ0) is 16.3. The first-order valence-corrected chi connectivity index (χ1v) is 6.44. The number of carbonyl (C=O) groups excluding carboxylic acids is 1. The number of ether oxygens (including phenoxy) is 1. The van der Waals surface area contributed by atoms with E-state index in [4.69, 9.17) is 10.5 Å². The van der Waals surface area contributed by atoms with Crippen LogP contribution < -0.4 is 15.8 Å².